The highest BCUT2D eigenvalue weighted by Gasteiger charge is 2.09. The van der Waals surface area contributed by atoms with E-state index in [1.165, 1.54) is 11.1 Å². The Morgan fingerprint density at radius 3 is 1.72 bits per heavy atom. The predicted molar refractivity (Wildman–Crippen MR) is 99.7 cm³/mol. The van der Waals surface area contributed by atoms with Crippen LogP contribution in [0.5, 0.6) is 0 Å². The lowest BCUT2D eigenvalue weighted by atomic mass is 10.0. The normalized spacial score (nSPS) is 10.2. The number of carbonyl (C=O) groups excluding carboxylic acids is 1. The van der Waals surface area contributed by atoms with Gasteiger partial charge in [-0.15, -0.1) is 0 Å². The number of aromatic nitrogens is 1. The first-order valence-corrected chi connectivity index (χ1v) is 8.05. The van der Waals surface area contributed by atoms with Gasteiger partial charge in [-0.1, -0.05) is 59.7 Å². The summed E-state index contributed by atoms with van der Waals surface area (Å²) < 4.78 is 0. The molecule has 0 fully saturated rings. The van der Waals surface area contributed by atoms with E-state index in [4.69, 9.17) is 0 Å². The Bertz CT molecular complexity index is 835. The molecule has 2 aromatic carbocycles. The van der Waals surface area contributed by atoms with Crippen LogP contribution in [0, 0.1) is 13.8 Å². The van der Waals surface area contributed by atoms with Gasteiger partial charge in [-0.05, 0) is 26.0 Å². The third kappa shape index (κ3) is 4.18. The van der Waals surface area contributed by atoms with Crippen molar-refractivity contribution in [3.05, 3.63) is 101 Å². The Morgan fingerprint density at radius 1 is 0.760 bits per heavy atom. The van der Waals surface area contributed by atoms with E-state index in [-0.39, 0.29) is 5.91 Å². The molecule has 0 saturated carbocycles. The number of aryl methyl sites for hydroxylation is 2. The van der Waals surface area contributed by atoms with Crippen molar-refractivity contribution in [2.75, 3.05) is 0 Å². The highest BCUT2D eigenvalue weighted by Crippen LogP contribution is 2.13. The molecule has 1 aromatic heterocycles. The van der Waals surface area contributed by atoms with Gasteiger partial charge in [-0.3, -0.25) is 9.78 Å². The lowest BCUT2D eigenvalue weighted by Crippen LogP contribution is -2.20. The van der Waals surface area contributed by atoms with Crippen molar-refractivity contribution in [3.63, 3.8) is 0 Å². The molecule has 1 N–H and O–H groups in total. The van der Waals surface area contributed by atoms with E-state index in [1.54, 1.807) is 24.5 Å². The Hall–Kier alpha value is -3.27. The van der Waals surface area contributed by atoms with Crippen molar-refractivity contribution < 1.29 is 4.79 Å². The van der Waals surface area contributed by atoms with Crippen molar-refractivity contribution in [2.45, 2.75) is 13.8 Å². The molecule has 0 atom stereocenters. The van der Waals surface area contributed by atoms with Crippen LogP contribution in [0.2, 0.25) is 0 Å². The van der Waals surface area contributed by atoms with E-state index in [9.17, 15) is 4.79 Å². The minimum Gasteiger partial charge on any atom is -0.267 e. The van der Waals surface area contributed by atoms with Crippen LogP contribution in [-0.4, -0.2) is 16.6 Å². The quantitative estimate of drug-likeness (QED) is 0.583. The molecule has 4 nitrogen and oxygen atoms in total. The molecule has 0 aliphatic rings. The lowest BCUT2D eigenvalue weighted by Gasteiger charge is -2.09. The van der Waals surface area contributed by atoms with Crippen LogP contribution in [0.4, 0.5) is 0 Å². The van der Waals surface area contributed by atoms with Gasteiger partial charge in [-0.2, -0.15) is 5.10 Å². The van der Waals surface area contributed by atoms with E-state index in [2.05, 4.69) is 15.5 Å². The molecular weight excluding hydrogens is 310 g/mol. The summed E-state index contributed by atoms with van der Waals surface area (Å²) in [7, 11) is 0. The minimum absolute atomic E-state index is 0.265. The Labute approximate surface area is 147 Å². The second kappa shape index (κ2) is 7.53. The van der Waals surface area contributed by atoms with Gasteiger partial charge >= 0.3 is 0 Å². The van der Waals surface area contributed by atoms with E-state index in [0.717, 1.165) is 16.8 Å². The molecule has 0 unspecified atom stereocenters. The zero-order valence-electron chi connectivity index (χ0n) is 14.2. The molecule has 0 aliphatic heterocycles. The molecule has 1 amide bonds. The van der Waals surface area contributed by atoms with E-state index in [0.29, 0.717) is 5.56 Å². The third-order valence-electron chi connectivity index (χ3n) is 3.86. The molecule has 4 heteroatoms. The van der Waals surface area contributed by atoms with Crippen LogP contribution in [0.3, 0.4) is 0 Å². The van der Waals surface area contributed by atoms with Gasteiger partial charge in [0.1, 0.15) is 0 Å². The minimum atomic E-state index is -0.265. The molecule has 1 heterocycles. The zero-order valence-corrected chi connectivity index (χ0v) is 14.2. The first-order chi connectivity index (χ1) is 12.1. The lowest BCUT2D eigenvalue weighted by molar-refractivity contribution is 0.0955. The van der Waals surface area contributed by atoms with Crippen molar-refractivity contribution in [1.29, 1.82) is 0 Å². The van der Waals surface area contributed by atoms with Crippen LogP contribution >= 0.6 is 0 Å². The predicted octanol–water partition coefficient (Wildman–Crippen LogP) is 3.88. The molecule has 0 saturated heterocycles. The van der Waals surface area contributed by atoms with E-state index >= 15 is 0 Å². The number of hydrazone groups is 1. The molecule has 3 aromatic rings. The highest BCUT2D eigenvalue weighted by atomic mass is 16.2. The average Bonchev–Trinajstić information content (AvgIpc) is 2.65. The fourth-order valence-electron chi connectivity index (χ4n) is 2.39. The summed E-state index contributed by atoms with van der Waals surface area (Å²) in [5.41, 5.74) is 8.14. The molecule has 0 bridgehead atoms. The molecule has 3 rings (SSSR count). The molecule has 0 radical (unpaired) electrons. The molecule has 124 valence electrons. The average molecular weight is 329 g/mol. The Morgan fingerprint density at radius 2 is 1.24 bits per heavy atom. The summed E-state index contributed by atoms with van der Waals surface area (Å²) in [5.74, 6) is -0.265. The second-order valence-electron chi connectivity index (χ2n) is 5.87. The largest absolute Gasteiger partial charge is 0.271 e. The topological polar surface area (TPSA) is 54.4 Å². The van der Waals surface area contributed by atoms with Crippen LogP contribution in [0.15, 0.2) is 78.2 Å². The number of hydrogen-bond acceptors (Lipinski definition) is 3. The van der Waals surface area contributed by atoms with Crippen molar-refractivity contribution in [1.82, 2.24) is 10.4 Å². The van der Waals surface area contributed by atoms with Crippen LogP contribution in [-0.2, 0) is 0 Å². The van der Waals surface area contributed by atoms with Crippen LogP contribution in [0.1, 0.15) is 32.6 Å². The second-order valence-corrected chi connectivity index (χ2v) is 5.87. The van der Waals surface area contributed by atoms with Gasteiger partial charge in [0.05, 0.1) is 5.71 Å². The molecular formula is C21H19N3O. The first kappa shape index (κ1) is 16.6. The Balaban J connectivity index is 1.94. The summed E-state index contributed by atoms with van der Waals surface area (Å²) in [6.45, 7) is 4.08. The van der Waals surface area contributed by atoms with Gasteiger partial charge in [0, 0.05) is 29.1 Å². The number of hydrogen-bond donors (Lipinski definition) is 1. The zero-order chi connectivity index (χ0) is 17.6. The van der Waals surface area contributed by atoms with Crippen LogP contribution < -0.4 is 5.43 Å². The number of benzene rings is 2. The summed E-state index contributed by atoms with van der Waals surface area (Å²) in [5, 5.41) is 4.40. The van der Waals surface area contributed by atoms with Gasteiger partial charge < -0.3 is 0 Å². The number of amides is 1. The van der Waals surface area contributed by atoms with E-state index in [1.807, 2.05) is 62.4 Å². The van der Waals surface area contributed by atoms with Gasteiger partial charge in [0.15, 0.2) is 0 Å². The van der Waals surface area contributed by atoms with Crippen molar-refractivity contribution in [3.8, 4) is 0 Å². The maximum absolute atomic E-state index is 12.3. The number of nitrogens with zero attached hydrogens (tertiary/aromatic N) is 2. The van der Waals surface area contributed by atoms with Crippen LogP contribution in [0.25, 0.3) is 0 Å². The third-order valence-corrected chi connectivity index (χ3v) is 3.86. The number of rotatable bonds is 4. The summed E-state index contributed by atoms with van der Waals surface area (Å²) in [4.78, 5) is 16.2. The van der Waals surface area contributed by atoms with Crippen molar-refractivity contribution in [2.24, 2.45) is 5.10 Å². The van der Waals surface area contributed by atoms with E-state index < -0.39 is 0 Å². The molecule has 0 aliphatic carbocycles. The molecule has 0 spiro atoms. The van der Waals surface area contributed by atoms with Gasteiger partial charge in [0.25, 0.3) is 5.91 Å². The van der Waals surface area contributed by atoms with Gasteiger partial charge in [0.2, 0.25) is 0 Å². The SMILES string of the molecule is Cc1ccc(C(=NNC(=O)c2ccncc2)c2ccc(C)cc2)cc1. The number of pyridine rings is 1. The maximum Gasteiger partial charge on any atom is 0.271 e. The standard InChI is InChI=1S/C21H19N3O/c1-15-3-7-17(8-4-15)20(18-9-5-16(2)6-10-18)23-24-21(25)19-11-13-22-14-12-19/h3-14H,1-2H3,(H,24,25). The fourth-order valence-corrected chi connectivity index (χ4v) is 2.39. The summed E-state index contributed by atoms with van der Waals surface area (Å²) >= 11 is 0. The smallest absolute Gasteiger partial charge is 0.267 e. The summed E-state index contributed by atoms with van der Waals surface area (Å²) in [6, 6.07) is 19.5. The molecule has 25 heavy (non-hydrogen) atoms. The monoisotopic (exact) mass is 329 g/mol. The number of nitrogens with one attached hydrogen (secondary N) is 1. The highest BCUT2D eigenvalue weighted by molar-refractivity contribution is 6.13. The van der Waals surface area contributed by atoms with Crippen molar-refractivity contribution >= 4 is 11.6 Å². The summed E-state index contributed by atoms with van der Waals surface area (Å²) in [6.07, 6.45) is 3.17. The number of carbonyl (C=O) groups is 1. The van der Waals surface area contributed by atoms with Gasteiger partial charge in [-0.25, -0.2) is 5.43 Å². The first-order valence-electron chi connectivity index (χ1n) is 8.05. The maximum atomic E-state index is 12.3. The fraction of sp³-hybridized carbons (Fsp3) is 0.0952. The Kier molecular flexibility index (Phi) is 5.00.